The molecule has 4 heterocycles. The van der Waals surface area contributed by atoms with E-state index in [1.54, 1.807) is 17.1 Å². The molecule has 0 bridgehead atoms. The molecule has 0 spiro atoms. The van der Waals surface area contributed by atoms with E-state index in [1.165, 1.54) is 0 Å². The van der Waals surface area contributed by atoms with Crippen molar-refractivity contribution < 1.29 is 9.13 Å². The minimum Gasteiger partial charge on any atom is -0.377 e. The van der Waals surface area contributed by atoms with Crippen LogP contribution >= 0.6 is 0 Å². The second kappa shape index (κ2) is 7.04. The quantitative estimate of drug-likeness (QED) is 0.639. The largest absolute Gasteiger partial charge is 0.377 e. The van der Waals surface area contributed by atoms with Gasteiger partial charge in [0.25, 0.3) is 0 Å². The lowest BCUT2D eigenvalue weighted by Gasteiger charge is -2.34. The molecule has 0 radical (unpaired) electrons. The molecule has 8 heteroatoms. The van der Waals surface area contributed by atoms with E-state index in [2.05, 4.69) is 27.1 Å². The maximum absolute atomic E-state index is 14.9. The molecular formula is C21H21FN6O. The number of hydrogen-bond acceptors (Lipinski definition) is 6. The molecule has 0 amide bonds. The van der Waals surface area contributed by atoms with Crippen LogP contribution in [-0.2, 0) is 18.2 Å². The number of halogens is 1. The number of rotatable bonds is 3. The molecule has 148 valence electrons. The molecule has 0 unspecified atom stereocenters. The summed E-state index contributed by atoms with van der Waals surface area (Å²) in [5, 5.41) is 8.04. The first-order valence-electron chi connectivity index (χ1n) is 9.67. The minimum absolute atomic E-state index is 0.174. The number of aromatic nitrogens is 5. The smallest absolute Gasteiger partial charge is 0.222 e. The van der Waals surface area contributed by atoms with Gasteiger partial charge in [0, 0.05) is 25.4 Å². The third-order valence-corrected chi connectivity index (χ3v) is 5.52. The van der Waals surface area contributed by atoms with Crippen LogP contribution in [0, 0.1) is 5.95 Å². The highest BCUT2D eigenvalue weighted by atomic mass is 19.1. The van der Waals surface area contributed by atoms with Crippen LogP contribution in [0.4, 0.5) is 10.2 Å². The summed E-state index contributed by atoms with van der Waals surface area (Å²) >= 11 is 0. The molecular weight excluding hydrogens is 371 g/mol. The van der Waals surface area contributed by atoms with Crippen molar-refractivity contribution in [1.82, 2.24) is 25.0 Å². The molecule has 1 aliphatic carbocycles. The van der Waals surface area contributed by atoms with Gasteiger partial charge in [-0.15, -0.1) is 5.10 Å². The maximum atomic E-state index is 14.9. The van der Waals surface area contributed by atoms with Crippen molar-refractivity contribution in [3.63, 3.8) is 0 Å². The first kappa shape index (κ1) is 17.9. The number of aryl methyl sites for hydroxylation is 1. The Morgan fingerprint density at radius 2 is 2.14 bits per heavy atom. The van der Waals surface area contributed by atoms with Crippen molar-refractivity contribution in [2.45, 2.75) is 19.4 Å². The molecule has 7 nitrogen and oxygen atoms in total. The lowest BCUT2D eigenvalue weighted by Crippen LogP contribution is -2.44. The summed E-state index contributed by atoms with van der Waals surface area (Å²) in [6.07, 6.45) is 8.04. The number of anilines is 1. The van der Waals surface area contributed by atoms with Gasteiger partial charge in [-0.3, -0.25) is 0 Å². The van der Waals surface area contributed by atoms with E-state index in [4.69, 9.17) is 9.72 Å². The molecule has 3 aromatic rings. The van der Waals surface area contributed by atoms with Gasteiger partial charge in [-0.25, -0.2) is 14.6 Å². The Morgan fingerprint density at radius 1 is 1.24 bits per heavy atom. The molecule has 0 N–H and O–H groups in total. The molecule has 3 aromatic heterocycles. The molecule has 29 heavy (non-hydrogen) atoms. The van der Waals surface area contributed by atoms with Crippen LogP contribution in [-0.4, -0.2) is 50.8 Å². The zero-order chi connectivity index (χ0) is 20.0. The van der Waals surface area contributed by atoms with Crippen LogP contribution in [0.2, 0.25) is 0 Å². The highest BCUT2D eigenvalue weighted by Crippen LogP contribution is 2.35. The van der Waals surface area contributed by atoms with Gasteiger partial charge in [0.2, 0.25) is 5.95 Å². The first-order valence-corrected chi connectivity index (χ1v) is 9.67. The fourth-order valence-corrected chi connectivity index (χ4v) is 4.00. The molecule has 1 atom stereocenters. The van der Waals surface area contributed by atoms with Gasteiger partial charge in [-0.05, 0) is 36.6 Å². The van der Waals surface area contributed by atoms with Gasteiger partial charge in [0.15, 0.2) is 0 Å². The maximum Gasteiger partial charge on any atom is 0.222 e. The van der Waals surface area contributed by atoms with Crippen LogP contribution in [0.15, 0.2) is 30.6 Å². The number of nitrogens with zero attached hydrogens (tertiary/aromatic N) is 6. The van der Waals surface area contributed by atoms with E-state index in [-0.39, 0.29) is 6.04 Å². The van der Waals surface area contributed by atoms with E-state index in [0.29, 0.717) is 24.5 Å². The fraction of sp³-hybridized carbons (Fsp3) is 0.333. The molecule has 0 aromatic carbocycles. The van der Waals surface area contributed by atoms with Gasteiger partial charge in [0.1, 0.15) is 5.82 Å². The molecule has 5 rings (SSSR count). The lowest BCUT2D eigenvalue weighted by atomic mass is 10.0. The second-order valence-corrected chi connectivity index (χ2v) is 7.43. The van der Waals surface area contributed by atoms with Crippen LogP contribution in [0.3, 0.4) is 0 Å². The zero-order valence-corrected chi connectivity index (χ0v) is 16.3. The van der Waals surface area contributed by atoms with Crippen molar-refractivity contribution in [2.75, 3.05) is 24.7 Å². The van der Waals surface area contributed by atoms with E-state index >= 15 is 0 Å². The summed E-state index contributed by atoms with van der Waals surface area (Å²) in [5.41, 5.74) is 4.59. The lowest BCUT2D eigenvalue weighted by molar-refractivity contribution is 0.0985. The summed E-state index contributed by atoms with van der Waals surface area (Å²) in [5.74, 6) is 0.275. The van der Waals surface area contributed by atoms with E-state index in [9.17, 15) is 4.39 Å². The van der Waals surface area contributed by atoms with Crippen molar-refractivity contribution in [3.05, 3.63) is 47.7 Å². The predicted molar refractivity (Wildman–Crippen MR) is 108 cm³/mol. The summed E-state index contributed by atoms with van der Waals surface area (Å²) in [4.78, 5) is 11.0. The predicted octanol–water partition coefficient (Wildman–Crippen LogP) is 2.87. The van der Waals surface area contributed by atoms with E-state index in [1.807, 2.05) is 31.3 Å². The van der Waals surface area contributed by atoms with Gasteiger partial charge in [-0.1, -0.05) is 17.4 Å². The second-order valence-electron chi connectivity index (χ2n) is 7.43. The number of pyridine rings is 2. The van der Waals surface area contributed by atoms with Gasteiger partial charge < -0.3 is 9.64 Å². The van der Waals surface area contributed by atoms with E-state index < -0.39 is 5.95 Å². The Hall–Kier alpha value is -3.13. The van der Waals surface area contributed by atoms with Gasteiger partial charge in [0.05, 0.1) is 42.4 Å². The zero-order valence-electron chi connectivity index (χ0n) is 16.3. The summed E-state index contributed by atoms with van der Waals surface area (Å²) in [6, 6.07) is 4.07. The Balaban J connectivity index is 1.72. The highest BCUT2D eigenvalue weighted by molar-refractivity contribution is 5.80. The monoisotopic (exact) mass is 392 g/mol. The average Bonchev–Trinajstić information content (AvgIpc) is 3.36. The Morgan fingerprint density at radius 3 is 2.93 bits per heavy atom. The normalized spacial score (nSPS) is 18.3. The number of ether oxygens (including phenoxy) is 1. The average molecular weight is 392 g/mol. The molecule has 1 aliphatic heterocycles. The number of allylic oxidation sites excluding steroid dienone is 1. The van der Waals surface area contributed by atoms with Gasteiger partial charge in [-0.2, -0.15) is 4.39 Å². The topological polar surface area (TPSA) is 69.0 Å². The van der Waals surface area contributed by atoms with Crippen LogP contribution in [0.25, 0.3) is 28.6 Å². The third kappa shape index (κ3) is 3.09. The molecule has 1 saturated heterocycles. The molecule has 2 aliphatic rings. The van der Waals surface area contributed by atoms with Crippen molar-refractivity contribution in [2.24, 2.45) is 7.05 Å². The van der Waals surface area contributed by atoms with Crippen LogP contribution in [0.1, 0.15) is 18.1 Å². The minimum atomic E-state index is -0.510. The Labute approximate surface area is 167 Å². The van der Waals surface area contributed by atoms with Crippen molar-refractivity contribution in [3.8, 4) is 22.5 Å². The number of hydrogen-bond donors (Lipinski definition) is 0. The van der Waals surface area contributed by atoms with E-state index in [0.717, 1.165) is 41.2 Å². The van der Waals surface area contributed by atoms with Crippen molar-refractivity contribution in [1.29, 1.82) is 0 Å². The Bertz CT molecular complexity index is 1110. The number of fused-ring (bicyclic) bond motifs is 1. The summed E-state index contributed by atoms with van der Waals surface area (Å²) in [7, 11) is 1.84. The Kier molecular flexibility index (Phi) is 4.35. The SMILES string of the molecule is C[C@@H]1COCCN1c1cc(-c2cnnn2C)cc(-c2c(F)ncc3c2C=CC3)n1. The van der Waals surface area contributed by atoms with Crippen molar-refractivity contribution >= 4 is 11.9 Å². The molecule has 0 saturated carbocycles. The summed E-state index contributed by atoms with van der Waals surface area (Å²) in [6.45, 7) is 4.10. The standard InChI is InChI=1S/C21H21FN6O/c1-13-12-29-7-6-28(13)19-9-15(18-11-24-26-27(18)2)8-17(25-19)20-16-5-3-4-14(16)10-23-21(20)22/h3,5,8-11,13H,4,6-7,12H2,1-2H3/t13-/m1/s1. The van der Waals surface area contributed by atoms with Crippen LogP contribution < -0.4 is 4.90 Å². The highest BCUT2D eigenvalue weighted by Gasteiger charge is 2.24. The first-order chi connectivity index (χ1) is 14.1. The third-order valence-electron chi connectivity index (χ3n) is 5.52. The van der Waals surface area contributed by atoms with Gasteiger partial charge >= 0.3 is 0 Å². The van der Waals surface area contributed by atoms with Crippen LogP contribution in [0.5, 0.6) is 0 Å². The summed E-state index contributed by atoms with van der Waals surface area (Å²) < 4.78 is 22.2. The molecule has 1 fully saturated rings. The fourth-order valence-electron chi connectivity index (χ4n) is 4.00. The number of morpholine rings is 1.